The summed E-state index contributed by atoms with van der Waals surface area (Å²) in [5.41, 5.74) is 3.02. The largest absolute Gasteiger partial charge is 0.349 e. The van der Waals surface area contributed by atoms with Crippen molar-refractivity contribution in [2.45, 2.75) is 13.0 Å². The van der Waals surface area contributed by atoms with Gasteiger partial charge in [0.2, 0.25) is 5.95 Å². The maximum Gasteiger partial charge on any atom is 0.244 e. The molecule has 0 unspecified atom stereocenters. The lowest BCUT2D eigenvalue weighted by Gasteiger charge is -2.18. The molecular formula is C18H16FN5. The molecule has 0 aliphatic carbocycles. The molecule has 0 amide bonds. The van der Waals surface area contributed by atoms with Crippen LogP contribution in [0.15, 0.2) is 54.7 Å². The second-order valence-electron chi connectivity index (χ2n) is 5.61. The molecular weight excluding hydrogens is 305 g/mol. The summed E-state index contributed by atoms with van der Waals surface area (Å²) in [6.07, 6.45) is 2.63. The molecule has 5 nitrogen and oxygen atoms in total. The molecule has 1 aliphatic heterocycles. The Kier molecular flexibility index (Phi) is 3.78. The summed E-state index contributed by atoms with van der Waals surface area (Å²) in [6, 6.07) is 14.9. The molecule has 0 saturated heterocycles. The highest BCUT2D eigenvalue weighted by molar-refractivity contribution is 5.67. The number of aromatic nitrogens is 3. The second-order valence-corrected chi connectivity index (χ2v) is 5.61. The Labute approximate surface area is 139 Å². The lowest BCUT2D eigenvalue weighted by Crippen LogP contribution is -2.16. The zero-order chi connectivity index (χ0) is 16.4. The molecule has 1 aliphatic rings. The molecule has 120 valence electrons. The number of anilines is 3. The molecule has 1 aromatic heterocycles. The molecule has 0 saturated carbocycles. The zero-order valence-electron chi connectivity index (χ0n) is 13.0. The van der Waals surface area contributed by atoms with Crippen LogP contribution in [-0.4, -0.2) is 21.7 Å². The van der Waals surface area contributed by atoms with Crippen LogP contribution < -0.4 is 10.2 Å². The van der Waals surface area contributed by atoms with E-state index in [0.29, 0.717) is 18.1 Å². The minimum Gasteiger partial charge on any atom is -0.349 e. The molecule has 0 fully saturated rings. The van der Waals surface area contributed by atoms with Crippen molar-refractivity contribution in [1.82, 2.24) is 15.2 Å². The maximum absolute atomic E-state index is 13.7. The van der Waals surface area contributed by atoms with E-state index >= 15 is 0 Å². The third-order valence-electron chi connectivity index (χ3n) is 4.10. The van der Waals surface area contributed by atoms with Gasteiger partial charge in [0.15, 0.2) is 5.82 Å². The molecule has 2 heterocycles. The molecule has 0 spiro atoms. The van der Waals surface area contributed by atoms with Gasteiger partial charge in [-0.15, -0.1) is 5.10 Å². The number of halogens is 1. The molecule has 3 aromatic rings. The van der Waals surface area contributed by atoms with Crippen molar-refractivity contribution in [3.63, 3.8) is 0 Å². The number of para-hydroxylation sites is 1. The number of hydrogen-bond donors (Lipinski definition) is 1. The van der Waals surface area contributed by atoms with Crippen molar-refractivity contribution in [1.29, 1.82) is 0 Å². The van der Waals surface area contributed by atoms with Gasteiger partial charge in [-0.05, 0) is 24.1 Å². The molecule has 24 heavy (non-hydrogen) atoms. The van der Waals surface area contributed by atoms with E-state index in [2.05, 4.69) is 37.5 Å². The third-order valence-corrected chi connectivity index (χ3v) is 4.10. The first-order valence-corrected chi connectivity index (χ1v) is 7.84. The molecule has 0 atom stereocenters. The van der Waals surface area contributed by atoms with Crippen LogP contribution >= 0.6 is 0 Å². The minimum atomic E-state index is -0.248. The van der Waals surface area contributed by atoms with Gasteiger partial charge in [-0.3, -0.25) is 0 Å². The monoisotopic (exact) mass is 321 g/mol. The topological polar surface area (TPSA) is 53.9 Å². The fourth-order valence-corrected chi connectivity index (χ4v) is 2.89. The van der Waals surface area contributed by atoms with Gasteiger partial charge >= 0.3 is 0 Å². The number of nitrogens with zero attached hydrogens (tertiary/aromatic N) is 4. The highest BCUT2D eigenvalue weighted by atomic mass is 19.1. The highest BCUT2D eigenvalue weighted by Gasteiger charge is 2.21. The van der Waals surface area contributed by atoms with Crippen molar-refractivity contribution in [3.8, 4) is 0 Å². The predicted octanol–water partition coefficient (Wildman–Crippen LogP) is 3.32. The van der Waals surface area contributed by atoms with Gasteiger partial charge in [-0.25, -0.2) is 4.39 Å². The number of fused-ring (bicyclic) bond motifs is 1. The fourth-order valence-electron chi connectivity index (χ4n) is 2.89. The summed E-state index contributed by atoms with van der Waals surface area (Å²) in [6.45, 7) is 1.18. The van der Waals surface area contributed by atoms with Crippen molar-refractivity contribution in [3.05, 3.63) is 71.7 Å². The van der Waals surface area contributed by atoms with Crippen LogP contribution in [-0.2, 0) is 13.0 Å². The minimum absolute atomic E-state index is 0.248. The first-order valence-electron chi connectivity index (χ1n) is 7.84. The van der Waals surface area contributed by atoms with Gasteiger partial charge in [0.1, 0.15) is 5.82 Å². The first-order chi connectivity index (χ1) is 11.8. The first kappa shape index (κ1) is 14.6. The molecule has 6 heteroatoms. The SMILES string of the molecule is Fc1ccccc1CNc1nncc(N2CCc3ccccc32)n1. The van der Waals surface area contributed by atoms with Crippen molar-refractivity contribution >= 4 is 17.5 Å². The van der Waals surface area contributed by atoms with Gasteiger partial charge in [-0.2, -0.15) is 10.1 Å². The Morgan fingerprint density at radius 2 is 1.92 bits per heavy atom. The number of benzene rings is 2. The van der Waals surface area contributed by atoms with Crippen LogP contribution in [0.5, 0.6) is 0 Å². The van der Waals surface area contributed by atoms with Crippen LogP contribution in [0, 0.1) is 5.82 Å². The molecule has 0 radical (unpaired) electrons. The number of rotatable bonds is 4. The second kappa shape index (κ2) is 6.23. The molecule has 4 rings (SSSR count). The van der Waals surface area contributed by atoms with Gasteiger partial charge < -0.3 is 10.2 Å². The van der Waals surface area contributed by atoms with Crippen LogP contribution in [0.25, 0.3) is 0 Å². The average molecular weight is 321 g/mol. The van der Waals surface area contributed by atoms with E-state index in [1.807, 2.05) is 12.1 Å². The van der Waals surface area contributed by atoms with E-state index in [0.717, 1.165) is 24.5 Å². The maximum atomic E-state index is 13.7. The summed E-state index contributed by atoms with van der Waals surface area (Å²) in [5.74, 6) is 0.883. The zero-order valence-corrected chi connectivity index (χ0v) is 13.0. The van der Waals surface area contributed by atoms with Crippen molar-refractivity contribution in [2.24, 2.45) is 0 Å². The fraction of sp³-hybridized carbons (Fsp3) is 0.167. The van der Waals surface area contributed by atoms with E-state index < -0.39 is 0 Å². The lowest BCUT2D eigenvalue weighted by atomic mass is 10.2. The van der Waals surface area contributed by atoms with Crippen LogP contribution in [0.4, 0.5) is 21.8 Å². The predicted molar refractivity (Wildman–Crippen MR) is 90.7 cm³/mol. The summed E-state index contributed by atoms with van der Waals surface area (Å²) in [4.78, 5) is 6.64. The standard InChI is InChI=1S/C18H16FN5/c19-15-7-3-1-6-14(15)11-20-18-22-17(12-21-23-18)24-10-9-13-5-2-4-8-16(13)24/h1-8,12H,9-11H2,(H,20,22,23). The highest BCUT2D eigenvalue weighted by Crippen LogP contribution is 2.32. The summed E-state index contributed by atoms with van der Waals surface area (Å²) in [5, 5.41) is 11.1. The van der Waals surface area contributed by atoms with E-state index in [-0.39, 0.29) is 5.82 Å². The lowest BCUT2D eigenvalue weighted by molar-refractivity contribution is 0.612. The van der Waals surface area contributed by atoms with Crippen LogP contribution in [0.3, 0.4) is 0 Å². The third kappa shape index (κ3) is 2.78. The Balaban J connectivity index is 1.54. The van der Waals surface area contributed by atoms with Crippen LogP contribution in [0.1, 0.15) is 11.1 Å². The summed E-state index contributed by atoms with van der Waals surface area (Å²) in [7, 11) is 0. The van der Waals surface area contributed by atoms with Gasteiger partial charge in [0.05, 0.1) is 6.20 Å². The van der Waals surface area contributed by atoms with E-state index in [4.69, 9.17) is 0 Å². The Morgan fingerprint density at radius 3 is 2.83 bits per heavy atom. The molecule has 1 N–H and O–H groups in total. The molecule has 2 aromatic carbocycles. The number of nitrogens with one attached hydrogen (secondary N) is 1. The van der Waals surface area contributed by atoms with Gasteiger partial charge in [0.25, 0.3) is 0 Å². The summed E-state index contributed by atoms with van der Waals surface area (Å²) < 4.78 is 13.7. The Morgan fingerprint density at radius 1 is 1.08 bits per heavy atom. The van der Waals surface area contributed by atoms with Crippen molar-refractivity contribution in [2.75, 3.05) is 16.8 Å². The quantitative estimate of drug-likeness (QED) is 0.799. The van der Waals surface area contributed by atoms with Gasteiger partial charge in [0, 0.05) is 24.3 Å². The van der Waals surface area contributed by atoms with E-state index in [9.17, 15) is 4.39 Å². The normalized spacial score (nSPS) is 13.0. The van der Waals surface area contributed by atoms with Crippen molar-refractivity contribution < 1.29 is 4.39 Å². The van der Waals surface area contributed by atoms with Crippen LogP contribution in [0.2, 0.25) is 0 Å². The molecule has 0 bridgehead atoms. The summed E-state index contributed by atoms with van der Waals surface area (Å²) >= 11 is 0. The average Bonchev–Trinajstić information content (AvgIpc) is 3.05. The smallest absolute Gasteiger partial charge is 0.244 e. The number of hydrogen-bond acceptors (Lipinski definition) is 5. The Hall–Kier alpha value is -3.02. The Bertz CT molecular complexity index is 867. The van der Waals surface area contributed by atoms with E-state index in [1.54, 1.807) is 24.4 Å². The van der Waals surface area contributed by atoms with Gasteiger partial charge in [-0.1, -0.05) is 36.4 Å². The van der Waals surface area contributed by atoms with E-state index in [1.165, 1.54) is 11.6 Å².